The van der Waals surface area contributed by atoms with Gasteiger partial charge in [0.15, 0.2) is 0 Å². The van der Waals surface area contributed by atoms with Crippen molar-refractivity contribution in [2.45, 2.75) is 46.5 Å². The second-order valence-corrected chi connectivity index (χ2v) is 6.18. The van der Waals surface area contributed by atoms with Crippen LogP contribution in [0.5, 0.6) is 0 Å². The van der Waals surface area contributed by atoms with E-state index >= 15 is 0 Å². The summed E-state index contributed by atoms with van der Waals surface area (Å²) in [4.78, 5) is 0. The van der Waals surface area contributed by atoms with Crippen LogP contribution in [-0.4, -0.2) is 24.8 Å². The highest BCUT2D eigenvalue weighted by Crippen LogP contribution is 2.29. The van der Waals surface area contributed by atoms with Crippen molar-refractivity contribution in [3.8, 4) is 0 Å². The molecule has 2 nitrogen and oxygen atoms in total. The SMILES string of the molecule is CC(C)(C)CNCC1CCCCC1CO. The van der Waals surface area contributed by atoms with Crippen LogP contribution in [0.2, 0.25) is 0 Å². The summed E-state index contributed by atoms with van der Waals surface area (Å²) in [5, 5.41) is 12.8. The molecular weight excluding hydrogens is 186 g/mol. The molecule has 2 N–H and O–H groups in total. The fraction of sp³-hybridized carbons (Fsp3) is 1.00. The van der Waals surface area contributed by atoms with Gasteiger partial charge in [0.25, 0.3) is 0 Å². The zero-order chi connectivity index (χ0) is 11.3. The molecule has 1 rings (SSSR count). The number of hydrogen-bond donors (Lipinski definition) is 2. The number of aliphatic hydroxyl groups is 1. The van der Waals surface area contributed by atoms with Crippen molar-refractivity contribution < 1.29 is 5.11 Å². The molecule has 0 radical (unpaired) electrons. The Kier molecular flexibility index (Phi) is 5.07. The molecule has 2 atom stereocenters. The van der Waals surface area contributed by atoms with Crippen molar-refractivity contribution in [3.63, 3.8) is 0 Å². The molecule has 0 aromatic rings. The molecule has 0 aromatic carbocycles. The van der Waals surface area contributed by atoms with Crippen molar-refractivity contribution in [3.05, 3.63) is 0 Å². The first-order chi connectivity index (χ1) is 7.03. The predicted octanol–water partition coefficient (Wildman–Crippen LogP) is 2.42. The maximum atomic E-state index is 9.29. The molecule has 1 fully saturated rings. The third-order valence-electron chi connectivity index (χ3n) is 3.36. The minimum atomic E-state index is 0.364. The van der Waals surface area contributed by atoms with Gasteiger partial charge in [0.2, 0.25) is 0 Å². The Morgan fingerprint density at radius 2 is 1.73 bits per heavy atom. The molecule has 0 aromatic heterocycles. The van der Waals surface area contributed by atoms with Crippen molar-refractivity contribution in [2.75, 3.05) is 19.7 Å². The zero-order valence-corrected chi connectivity index (χ0v) is 10.6. The van der Waals surface area contributed by atoms with Gasteiger partial charge in [0.1, 0.15) is 0 Å². The largest absolute Gasteiger partial charge is 0.396 e. The second-order valence-electron chi connectivity index (χ2n) is 6.18. The van der Waals surface area contributed by atoms with Crippen LogP contribution in [0, 0.1) is 17.3 Å². The van der Waals surface area contributed by atoms with E-state index in [4.69, 9.17) is 0 Å². The van der Waals surface area contributed by atoms with Gasteiger partial charge in [-0.1, -0.05) is 33.6 Å². The molecule has 0 saturated heterocycles. The summed E-state index contributed by atoms with van der Waals surface area (Å²) >= 11 is 0. The highest BCUT2D eigenvalue weighted by Gasteiger charge is 2.24. The van der Waals surface area contributed by atoms with Gasteiger partial charge in [-0.25, -0.2) is 0 Å². The molecule has 1 aliphatic carbocycles. The summed E-state index contributed by atoms with van der Waals surface area (Å²) in [6.07, 6.45) is 5.17. The second kappa shape index (κ2) is 5.86. The first kappa shape index (κ1) is 13.0. The highest BCUT2D eigenvalue weighted by atomic mass is 16.3. The van der Waals surface area contributed by atoms with Gasteiger partial charge >= 0.3 is 0 Å². The number of nitrogens with one attached hydrogen (secondary N) is 1. The number of rotatable bonds is 4. The van der Waals surface area contributed by atoms with E-state index in [-0.39, 0.29) is 0 Å². The predicted molar refractivity (Wildman–Crippen MR) is 64.9 cm³/mol. The number of aliphatic hydroxyl groups excluding tert-OH is 1. The smallest absolute Gasteiger partial charge is 0.0462 e. The van der Waals surface area contributed by atoms with Crippen LogP contribution >= 0.6 is 0 Å². The van der Waals surface area contributed by atoms with Crippen LogP contribution in [0.25, 0.3) is 0 Å². The Labute approximate surface area is 94.5 Å². The average molecular weight is 213 g/mol. The summed E-state index contributed by atoms with van der Waals surface area (Å²) in [6.45, 7) is 9.30. The lowest BCUT2D eigenvalue weighted by Crippen LogP contribution is -2.36. The third kappa shape index (κ3) is 4.98. The fourth-order valence-electron chi connectivity index (χ4n) is 2.43. The Hall–Kier alpha value is -0.0800. The molecule has 1 saturated carbocycles. The summed E-state index contributed by atoms with van der Waals surface area (Å²) in [5.74, 6) is 1.25. The summed E-state index contributed by atoms with van der Waals surface area (Å²) < 4.78 is 0. The zero-order valence-electron chi connectivity index (χ0n) is 10.6. The Balaban J connectivity index is 2.23. The Morgan fingerprint density at radius 3 is 2.27 bits per heavy atom. The molecule has 2 heteroatoms. The van der Waals surface area contributed by atoms with E-state index in [9.17, 15) is 5.11 Å². The normalized spacial score (nSPS) is 28.0. The maximum absolute atomic E-state index is 9.29. The molecule has 0 spiro atoms. The van der Waals surface area contributed by atoms with Crippen LogP contribution < -0.4 is 5.32 Å². The van der Waals surface area contributed by atoms with Gasteiger partial charge < -0.3 is 10.4 Å². The van der Waals surface area contributed by atoms with Crippen molar-refractivity contribution in [1.29, 1.82) is 0 Å². The van der Waals surface area contributed by atoms with Gasteiger partial charge in [-0.2, -0.15) is 0 Å². The molecule has 0 bridgehead atoms. The minimum Gasteiger partial charge on any atom is -0.396 e. The molecule has 90 valence electrons. The number of hydrogen-bond acceptors (Lipinski definition) is 2. The van der Waals surface area contributed by atoms with E-state index in [1.54, 1.807) is 0 Å². The monoisotopic (exact) mass is 213 g/mol. The average Bonchev–Trinajstić information content (AvgIpc) is 2.16. The van der Waals surface area contributed by atoms with Crippen LogP contribution in [0.1, 0.15) is 46.5 Å². The molecule has 1 aliphatic rings. The fourth-order valence-corrected chi connectivity index (χ4v) is 2.43. The van der Waals surface area contributed by atoms with Gasteiger partial charge in [0.05, 0.1) is 0 Å². The van der Waals surface area contributed by atoms with E-state index in [1.165, 1.54) is 25.7 Å². The van der Waals surface area contributed by atoms with Gasteiger partial charge in [0, 0.05) is 6.61 Å². The van der Waals surface area contributed by atoms with Crippen molar-refractivity contribution >= 4 is 0 Å². The molecule has 0 heterocycles. The van der Waals surface area contributed by atoms with Crippen LogP contribution in [0.4, 0.5) is 0 Å². The molecule has 0 amide bonds. The molecule has 0 aliphatic heterocycles. The first-order valence-corrected chi connectivity index (χ1v) is 6.34. The van der Waals surface area contributed by atoms with Crippen LogP contribution in [-0.2, 0) is 0 Å². The highest BCUT2D eigenvalue weighted by molar-refractivity contribution is 4.77. The van der Waals surface area contributed by atoms with Gasteiger partial charge in [-0.3, -0.25) is 0 Å². The molecule has 15 heavy (non-hydrogen) atoms. The topological polar surface area (TPSA) is 32.3 Å². The Bertz CT molecular complexity index is 174. The van der Waals surface area contributed by atoms with Crippen LogP contribution in [0.3, 0.4) is 0 Å². The van der Waals surface area contributed by atoms with E-state index in [1.807, 2.05) is 0 Å². The maximum Gasteiger partial charge on any atom is 0.0462 e. The lowest BCUT2D eigenvalue weighted by atomic mass is 9.79. The van der Waals surface area contributed by atoms with Crippen molar-refractivity contribution in [2.24, 2.45) is 17.3 Å². The van der Waals surface area contributed by atoms with Gasteiger partial charge in [-0.15, -0.1) is 0 Å². The lowest BCUT2D eigenvalue weighted by Gasteiger charge is -2.31. The summed E-state index contributed by atoms with van der Waals surface area (Å²) in [6, 6.07) is 0. The van der Waals surface area contributed by atoms with E-state index in [0.717, 1.165) is 13.1 Å². The standard InChI is InChI=1S/C13H27NO/c1-13(2,3)10-14-8-11-6-4-5-7-12(11)9-15/h11-12,14-15H,4-10H2,1-3H3. The van der Waals surface area contributed by atoms with E-state index in [2.05, 4.69) is 26.1 Å². The first-order valence-electron chi connectivity index (χ1n) is 6.34. The van der Waals surface area contributed by atoms with Gasteiger partial charge in [-0.05, 0) is 43.2 Å². The van der Waals surface area contributed by atoms with Crippen molar-refractivity contribution in [1.82, 2.24) is 5.32 Å². The summed E-state index contributed by atoms with van der Waals surface area (Å²) in [7, 11) is 0. The minimum absolute atomic E-state index is 0.364. The lowest BCUT2D eigenvalue weighted by molar-refractivity contribution is 0.131. The quantitative estimate of drug-likeness (QED) is 0.751. The molecular formula is C13H27NO. The summed E-state index contributed by atoms with van der Waals surface area (Å²) in [5.41, 5.74) is 0.364. The Morgan fingerprint density at radius 1 is 1.13 bits per heavy atom. The molecule has 2 unspecified atom stereocenters. The van der Waals surface area contributed by atoms with E-state index in [0.29, 0.717) is 23.9 Å². The van der Waals surface area contributed by atoms with E-state index < -0.39 is 0 Å². The third-order valence-corrected chi connectivity index (χ3v) is 3.36. The van der Waals surface area contributed by atoms with Crippen LogP contribution in [0.15, 0.2) is 0 Å².